The van der Waals surface area contributed by atoms with E-state index in [9.17, 15) is 0 Å². The molecule has 0 amide bonds. The van der Waals surface area contributed by atoms with Crippen LogP contribution in [0, 0.1) is 0 Å². The van der Waals surface area contributed by atoms with Crippen molar-refractivity contribution in [1.82, 2.24) is 0 Å². The fourth-order valence-corrected chi connectivity index (χ4v) is 2.16. The SMILES string of the molecule is CC1CN(C(C)C)c2c(N)cccc2N1. The van der Waals surface area contributed by atoms with Crippen molar-refractivity contribution in [3.8, 4) is 0 Å². The first-order valence-electron chi connectivity index (χ1n) is 5.51. The molecule has 0 saturated heterocycles. The largest absolute Gasteiger partial charge is 0.397 e. The summed E-state index contributed by atoms with van der Waals surface area (Å²) in [6.45, 7) is 7.61. The van der Waals surface area contributed by atoms with Gasteiger partial charge in [0.15, 0.2) is 0 Å². The molecule has 0 aliphatic carbocycles. The summed E-state index contributed by atoms with van der Waals surface area (Å²) in [5.41, 5.74) is 9.21. The highest BCUT2D eigenvalue weighted by Gasteiger charge is 2.24. The molecule has 2 rings (SSSR count). The Morgan fingerprint density at radius 2 is 2.20 bits per heavy atom. The first-order valence-corrected chi connectivity index (χ1v) is 5.51. The van der Waals surface area contributed by atoms with Gasteiger partial charge >= 0.3 is 0 Å². The summed E-state index contributed by atoms with van der Waals surface area (Å²) in [4.78, 5) is 2.37. The molecule has 1 unspecified atom stereocenters. The van der Waals surface area contributed by atoms with E-state index in [1.807, 2.05) is 12.1 Å². The summed E-state index contributed by atoms with van der Waals surface area (Å²) < 4.78 is 0. The summed E-state index contributed by atoms with van der Waals surface area (Å²) >= 11 is 0. The standard InChI is InChI=1S/C12H19N3/c1-8(2)15-7-9(3)14-11-6-4-5-10(13)12(11)15/h4-6,8-9,14H,7,13H2,1-3H3. The average molecular weight is 205 g/mol. The van der Waals surface area contributed by atoms with Crippen LogP contribution in [-0.4, -0.2) is 18.6 Å². The Morgan fingerprint density at radius 3 is 2.87 bits per heavy atom. The molecular weight excluding hydrogens is 186 g/mol. The molecule has 1 aliphatic rings. The second-order valence-corrected chi connectivity index (χ2v) is 4.53. The highest BCUT2D eigenvalue weighted by molar-refractivity contribution is 5.84. The zero-order valence-corrected chi connectivity index (χ0v) is 9.62. The molecule has 0 fully saturated rings. The number of para-hydroxylation sites is 1. The Labute approximate surface area is 91.3 Å². The van der Waals surface area contributed by atoms with E-state index in [0.29, 0.717) is 12.1 Å². The summed E-state index contributed by atoms with van der Waals surface area (Å²) in [7, 11) is 0. The van der Waals surface area contributed by atoms with Crippen LogP contribution in [0.15, 0.2) is 18.2 Å². The first kappa shape index (κ1) is 10.1. The third-order valence-electron chi connectivity index (χ3n) is 2.85. The molecular formula is C12H19N3. The van der Waals surface area contributed by atoms with Crippen LogP contribution in [-0.2, 0) is 0 Å². The summed E-state index contributed by atoms with van der Waals surface area (Å²) in [6.07, 6.45) is 0. The van der Waals surface area contributed by atoms with Gasteiger partial charge in [-0.15, -0.1) is 0 Å². The molecule has 0 spiro atoms. The highest BCUT2D eigenvalue weighted by Crippen LogP contribution is 2.36. The number of nitrogens with two attached hydrogens (primary N) is 1. The van der Waals surface area contributed by atoms with Crippen LogP contribution in [0.3, 0.4) is 0 Å². The monoisotopic (exact) mass is 205 g/mol. The second kappa shape index (κ2) is 3.65. The smallest absolute Gasteiger partial charge is 0.0838 e. The molecule has 3 N–H and O–H groups in total. The lowest BCUT2D eigenvalue weighted by molar-refractivity contribution is 0.625. The summed E-state index contributed by atoms with van der Waals surface area (Å²) in [5, 5.41) is 3.46. The maximum absolute atomic E-state index is 6.03. The number of anilines is 3. The van der Waals surface area contributed by atoms with Gasteiger partial charge in [-0.05, 0) is 32.9 Å². The maximum atomic E-state index is 6.03. The van der Waals surface area contributed by atoms with Crippen molar-refractivity contribution in [2.24, 2.45) is 0 Å². The second-order valence-electron chi connectivity index (χ2n) is 4.53. The van der Waals surface area contributed by atoms with E-state index in [2.05, 4.69) is 37.1 Å². The van der Waals surface area contributed by atoms with Gasteiger partial charge in [-0.25, -0.2) is 0 Å². The fraction of sp³-hybridized carbons (Fsp3) is 0.500. The predicted molar refractivity (Wildman–Crippen MR) is 66.4 cm³/mol. The molecule has 1 aliphatic heterocycles. The molecule has 0 aromatic heterocycles. The molecule has 0 radical (unpaired) electrons. The van der Waals surface area contributed by atoms with Crippen molar-refractivity contribution in [2.45, 2.75) is 32.9 Å². The third kappa shape index (κ3) is 1.74. The van der Waals surface area contributed by atoms with Crippen molar-refractivity contribution < 1.29 is 0 Å². The minimum absolute atomic E-state index is 0.474. The molecule has 82 valence electrons. The molecule has 1 aromatic carbocycles. The number of nitrogens with zero attached hydrogens (tertiary/aromatic N) is 1. The lowest BCUT2D eigenvalue weighted by Gasteiger charge is -2.39. The van der Waals surface area contributed by atoms with E-state index >= 15 is 0 Å². The van der Waals surface area contributed by atoms with Crippen molar-refractivity contribution in [2.75, 3.05) is 22.5 Å². The molecule has 1 aromatic rings. The Hall–Kier alpha value is -1.38. The Morgan fingerprint density at radius 1 is 1.47 bits per heavy atom. The predicted octanol–water partition coefficient (Wildman–Crippen LogP) is 2.30. The Bertz CT molecular complexity index is 360. The molecule has 1 atom stereocenters. The molecule has 0 bridgehead atoms. The van der Waals surface area contributed by atoms with E-state index in [-0.39, 0.29) is 0 Å². The average Bonchev–Trinajstić information content (AvgIpc) is 2.16. The van der Waals surface area contributed by atoms with Gasteiger partial charge in [0.1, 0.15) is 0 Å². The van der Waals surface area contributed by atoms with Crippen LogP contribution in [0.4, 0.5) is 17.1 Å². The van der Waals surface area contributed by atoms with Crippen LogP contribution < -0.4 is 16.0 Å². The lowest BCUT2D eigenvalue weighted by Crippen LogP contribution is -2.43. The van der Waals surface area contributed by atoms with Gasteiger partial charge in [-0.1, -0.05) is 6.07 Å². The van der Waals surface area contributed by atoms with Crippen LogP contribution in [0.2, 0.25) is 0 Å². The van der Waals surface area contributed by atoms with E-state index in [4.69, 9.17) is 5.73 Å². The number of hydrogen-bond acceptors (Lipinski definition) is 3. The van der Waals surface area contributed by atoms with Crippen LogP contribution in [0.5, 0.6) is 0 Å². The van der Waals surface area contributed by atoms with E-state index in [1.54, 1.807) is 0 Å². The normalized spacial score (nSPS) is 20.0. The third-order valence-corrected chi connectivity index (χ3v) is 2.85. The number of nitrogens with one attached hydrogen (secondary N) is 1. The summed E-state index contributed by atoms with van der Waals surface area (Å²) in [6, 6.07) is 7.01. The van der Waals surface area contributed by atoms with Crippen molar-refractivity contribution in [1.29, 1.82) is 0 Å². The number of nitrogen functional groups attached to an aromatic ring is 1. The van der Waals surface area contributed by atoms with Gasteiger partial charge in [-0.3, -0.25) is 0 Å². The van der Waals surface area contributed by atoms with Gasteiger partial charge < -0.3 is 16.0 Å². The quantitative estimate of drug-likeness (QED) is 0.691. The van der Waals surface area contributed by atoms with Gasteiger partial charge in [0.05, 0.1) is 17.1 Å². The van der Waals surface area contributed by atoms with E-state index in [1.165, 1.54) is 0 Å². The molecule has 0 saturated carbocycles. The van der Waals surface area contributed by atoms with E-state index in [0.717, 1.165) is 23.6 Å². The van der Waals surface area contributed by atoms with Crippen molar-refractivity contribution >= 4 is 17.1 Å². The Balaban J connectivity index is 2.48. The zero-order chi connectivity index (χ0) is 11.0. The van der Waals surface area contributed by atoms with Gasteiger partial charge in [-0.2, -0.15) is 0 Å². The molecule has 15 heavy (non-hydrogen) atoms. The Kier molecular flexibility index (Phi) is 2.47. The van der Waals surface area contributed by atoms with Crippen molar-refractivity contribution in [3.05, 3.63) is 18.2 Å². The van der Waals surface area contributed by atoms with Gasteiger partial charge in [0, 0.05) is 18.6 Å². The topological polar surface area (TPSA) is 41.3 Å². The van der Waals surface area contributed by atoms with Gasteiger partial charge in [0.25, 0.3) is 0 Å². The van der Waals surface area contributed by atoms with E-state index < -0.39 is 0 Å². The number of hydrogen-bond donors (Lipinski definition) is 2. The first-order chi connectivity index (χ1) is 7.09. The minimum Gasteiger partial charge on any atom is -0.397 e. The lowest BCUT2D eigenvalue weighted by atomic mass is 10.1. The highest BCUT2D eigenvalue weighted by atomic mass is 15.2. The zero-order valence-electron chi connectivity index (χ0n) is 9.62. The van der Waals surface area contributed by atoms with Gasteiger partial charge in [0.2, 0.25) is 0 Å². The van der Waals surface area contributed by atoms with Crippen LogP contribution in [0.25, 0.3) is 0 Å². The van der Waals surface area contributed by atoms with Crippen LogP contribution >= 0.6 is 0 Å². The number of benzene rings is 1. The summed E-state index contributed by atoms with van der Waals surface area (Å²) in [5.74, 6) is 0. The number of fused-ring (bicyclic) bond motifs is 1. The molecule has 1 heterocycles. The van der Waals surface area contributed by atoms with Crippen LogP contribution in [0.1, 0.15) is 20.8 Å². The minimum atomic E-state index is 0.474. The number of rotatable bonds is 1. The maximum Gasteiger partial charge on any atom is 0.0838 e. The molecule has 3 heteroatoms. The fourth-order valence-electron chi connectivity index (χ4n) is 2.16. The van der Waals surface area contributed by atoms with Crippen molar-refractivity contribution in [3.63, 3.8) is 0 Å². The molecule has 3 nitrogen and oxygen atoms in total.